The Labute approximate surface area is 170 Å². The topological polar surface area (TPSA) is 9.23 Å². The van der Waals surface area contributed by atoms with Crippen LogP contribution in [0.25, 0.3) is 11.1 Å². The number of alkyl halides is 2. The average molecular weight is 387 g/mol. The molecule has 0 aliphatic heterocycles. The lowest BCUT2D eigenvalue weighted by molar-refractivity contribution is 0.520. The van der Waals surface area contributed by atoms with Gasteiger partial charge in [-0.15, -0.1) is 29.6 Å². The van der Waals surface area contributed by atoms with Crippen molar-refractivity contribution in [2.24, 2.45) is 0 Å². The molecule has 2 aromatic carbocycles. The van der Waals surface area contributed by atoms with E-state index in [4.69, 9.17) is 34.4 Å². The second kappa shape index (κ2) is 11.3. The number of ether oxygens (including phenoxy) is 1. The quantitative estimate of drug-likeness (QED) is 0.540. The van der Waals surface area contributed by atoms with Gasteiger partial charge in [0.2, 0.25) is 0 Å². The minimum atomic E-state index is 0.428. The first-order chi connectivity index (χ1) is 13.3. The number of terminal acetylenes is 1. The average Bonchev–Trinajstić information content (AvgIpc) is 2.72. The summed E-state index contributed by atoms with van der Waals surface area (Å²) >= 11 is 12.0. The molecular weight excluding hydrogens is 375 g/mol. The van der Waals surface area contributed by atoms with E-state index in [-0.39, 0.29) is 0 Å². The minimum Gasteiger partial charge on any atom is -0.407 e. The van der Waals surface area contributed by atoms with Gasteiger partial charge in [-0.1, -0.05) is 24.3 Å². The normalized spacial score (nSPS) is 8.19. The molecule has 0 aliphatic rings. The van der Waals surface area contributed by atoms with Crippen molar-refractivity contribution < 1.29 is 4.74 Å². The van der Waals surface area contributed by atoms with Crippen molar-refractivity contribution in [2.75, 3.05) is 0 Å². The van der Waals surface area contributed by atoms with Crippen molar-refractivity contribution in [1.82, 2.24) is 0 Å². The standard InChI is InChI=1S/C24H12Cl2O/c1-2-3-4-5-6-7-8-9-16-27-23-14-12-21(13-15-23)24-17-20(18-25)10-11-22(24)19-26/h1,10-15,17H,18-19H2. The van der Waals surface area contributed by atoms with Gasteiger partial charge < -0.3 is 4.74 Å². The summed E-state index contributed by atoms with van der Waals surface area (Å²) in [6, 6.07) is 13.6. The van der Waals surface area contributed by atoms with Gasteiger partial charge in [-0.05, 0) is 64.1 Å². The number of benzene rings is 2. The number of hydrogen-bond acceptors (Lipinski definition) is 1. The molecule has 0 fully saturated rings. The van der Waals surface area contributed by atoms with Crippen LogP contribution in [0.4, 0.5) is 0 Å². The Hall–Kier alpha value is -3.38. The third-order valence-electron chi connectivity index (χ3n) is 3.30. The number of rotatable bonds is 4. The zero-order valence-electron chi connectivity index (χ0n) is 14.2. The second-order valence-electron chi connectivity index (χ2n) is 5.01. The fourth-order valence-corrected chi connectivity index (χ4v) is 2.50. The van der Waals surface area contributed by atoms with Crippen LogP contribution in [0.1, 0.15) is 11.1 Å². The predicted molar refractivity (Wildman–Crippen MR) is 112 cm³/mol. The van der Waals surface area contributed by atoms with E-state index in [1.165, 1.54) is 0 Å². The molecule has 3 heteroatoms. The molecule has 0 saturated carbocycles. The molecule has 0 aliphatic carbocycles. The van der Waals surface area contributed by atoms with Crippen LogP contribution in [0.2, 0.25) is 0 Å². The molecule has 27 heavy (non-hydrogen) atoms. The van der Waals surface area contributed by atoms with Crippen molar-refractivity contribution in [3.8, 4) is 76.8 Å². The van der Waals surface area contributed by atoms with E-state index in [9.17, 15) is 0 Å². The fourth-order valence-electron chi connectivity index (χ4n) is 2.10. The molecule has 0 N–H and O–H groups in total. The van der Waals surface area contributed by atoms with Crippen LogP contribution in [0.15, 0.2) is 42.5 Å². The van der Waals surface area contributed by atoms with Crippen molar-refractivity contribution in [3.63, 3.8) is 0 Å². The summed E-state index contributed by atoms with van der Waals surface area (Å²) in [7, 11) is 0. The molecule has 0 spiro atoms. The predicted octanol–water partition coefficient (Wildman–Crippen LogP) is 4.81. The van der Waals surface area contributed by atoms with E-state index in [2.05, 4.69) is 53.5 Å². The van der Waals surface area contributed by atoms with Gasteiger partial charge in [0.05, 0.1) is 0 Å². The van der Waals surface area contributed by atoms with Gasteiger partial charge in [-0.2, -0.15) is 0 Å². The molecule has 1 nitrogen and oxygen atoms in total. The number of halogens is 2. The second-order valence-corrected chi connectivity index (χ2v) is 5.54. The molecule has 0 bridgehead atoms. The zero-order valence-corrected chi connectivity index (χ0v) is 15.7. The van der Waals surface area contributed by atoms with Gasteiger partial charge in [0.15, 0.2) is 0 Å². The third kappa shape index (κ3) is 6.45. The summed E-state index contributed by atoms with van der Waals surface area (Å²) in [5.41, 5.74) is 4.17. The SMILES string of the molecule is C#CC#CC#CC#CC#COc1ccc(-c2cc(CCl)ccc2CCl)cc1. The van der Waals surface area contributed by atoms with Crippen molar-refractivity contribution in [3.05, 3.63) is 53.6 Å². The van der Waals surface area contributed by atoms with Crippen LogP contribution in [-0.4, -0.2) is 0 Å². The van der Waals surface area contributed by atoms with Crippen molar-refractivity contribution in [1.29, 1.82) is 0 Å². The van der Waals surface area contributed by atoms with Crippen LogP contribution in [0.3, 0.4) is 0 Å². The summed E-state index contributed by atoms with van der Waals surface area (Å²) in [4.78, 5) is 0. The van der Waals surface area contributed by atoms with Crippen LogP contribution in [-0.2, 0) is 11.8 Å². The monoisotopic (exact) mass is 386 g/mol. The Morgan fingerprint density at radius 1 is 0.778 bits per heavy atom. The highest BCUT2D eigenvalue weighted by atomic mass is 35.5. The maximum Gasteiger partial charge on any atom is 0.140 e. The summed E-state index contributed by atoms with van der Waals surface area (Å²) in [5, 5.41) is 0. The largest absolute Gasteiger partial charge is 0.407 e. The van der Waals surface area contributed by atoms with Gasteiger partial charge in [0.1, 0.15) is 11.9 Å². The highest BCUT2D eigenvalue weighted by Crippen LogP contribution is 2.28. The zero-order chi connectivity index (χ0) is 19.3. The van der Waals surface area contributed by atoms with E-state index in [1.54, 1.807) is 0 Å². The summed E-state index contributed by atoms with van der Waals surface area (Å²) in [6.07, 6.45) is 7.46. The highest BCUT2D eigenvalue weighted by Gasteiger charge is 2.06. The van der Waals surface area contributed by atoms with E-state index < -0.39 is 0 Å². The summed E-state index contributed by atoms with van der Waals surface area (Å²) in [5.74, 6) is 21.0. The molecule has 0 unspecified atom stereocenters. The molecule has 0 amide bonds. The molecule has 2 rings (SSSR count). The Bertz CT molecular complexity index is 1090. The molecule has 0 radical (unpaired) electrons. The maximum absolute atomic E-state index is 6.04. The smallest absolute Gasteiger partial charge is 0.140 e. The molecule has 128 valence electrons. The maximum atomic E-state index is 6.04. The Morgan fingerprint density at radius 3 is 2.07 bits per heavy atom. The van der Waals surface area contributed by atoms with Crippen LogP contribution >= 0.6 is 23.2 Å². The van der Waals surface area contributed by atoms with Crippen LogP contribution in [0, 0.1) is 59.9 Å². The van der Waals surface area contributed by atoms with E-state index in [1.807, 2.05) is 42.5 Å². The molecule has 0 aromatic heterocycles. The molecule has 0 atom stereocenters. The van der Waals surface area contributed by atoms with Crippen LogP contribution < -0.4 is 4.74 Å². The minimum absolute atomic E-state index is 0.428. The first kappa shape index (κ1) is 19.9. The third-order valence-corrected chi connectivity index (χ3v) is 3.90. The van der Waals surface area contributed by atoms with E-state index in [0.29, 0.717) is 17.5 Å². The Kier molecular flexibility index (Phi) is 8.33. The molecule has 0 heterocycles. The lowest BCUT2D eigenvalue weighted by Crippen LogP contribution is -1.90. The molecular formula is C24H12Cl2O. The van der Waals surface area contributed by atoms with E-state index in [0.717, 1.165) is 22.3 Å². The lowest BCUT2D eigenvalue weighted by Gasteiger charge is -2.10. The summed E-state index contributed by atoms with van der Waals surface area (Å²) < 4.78 is 5.33. The van der Waals surface area contributed by atoms with Gasteiger partial charge in [-0.3, -0.25) is 0 Å². The lowest BCUT2D eigenvalue weighted by atomic mass is 9.98. The first-order valence-electron chi connectivity index (χ1n) is 7.75. The fraction of sp³-hybridized carbons (Fsp3) is 0.0833. The van der Waals surface area contributed by atoms with E-state index >= 15 is 0 Å². The Balaban J connectivity index is 2.07. The first-order valence-corrected chi connectivity index (χ1v) is 8.82. The van der Waals surface area contributed by atoms with Gasteiger partial charge in [0.25, 0.3) is 0 Å². The van der Waals surface area contributed by atoms with Crippen molar-refractivity contribution >= 4 is 23.2 Å². The Morgan fingerprint density at radius 2 is 1.44 bits per heavy atom. The van der Waals surface area contributed by atoms with Crippen LogP contribution in [0.5, 0.6) is 5.75 Å². The van der Waals surface area contributed by atoms with Crippen molar-refractivity contribution in [2.45, 2.75) is 11.8 Å². The highest BCUT2D eigenvalue weighted by molar-refractivity contribution is 6.18. The van der Waals surface area contributed by atoms with Gasteiger partial charge >= 0.3 is 0 Å². The molecule has 0 saturated heterocycles. The summed E-state index contributed by atoms with van der Waals surface area (Å²) in [6.45, 7) is 0. The van der Waals surface area contributed by atoms with Gasteiger partial charge in [0, 0.05) is 35.4 Å². The van der Waals surface area contributed by atoms with Gasteiger partial charge in [-0.25, -0.2) is 0 Å². The molecule has 2 aromatic rings. The number of hydrogen-bond donors (Lipinski definition) is 0.